The van der Waals surface area contributed by atoms with Crippen molar-refractivity contribution in [2.45, 2.75) is 57.5 Å². The molecule has 1 aromatic carbocycles. The first-order chi connectivity index (χ1) is 17.4. The second-order valence-electron chi connectivity index (χ2n) is 10.9. The Hall–Kier alpha value is -3.17. The van der Waals surface area contributed by atoms with Crippen LogP contribution in [0.3, 0.4) is 0 Å². The predicted octanol–water partition coefficient (Wildman–Crippen LogP) is 4.44. The van der Waals surface area contributed by atoms with E-state index in [2.05, 4.69) is 26.5 Å². The van der Waals surface area contributed by atoms with Crippen molar-refractivity contribution in [3.8, 4) is 0 Å². The van der Waals surface area contributed by atoms with Crippen molar-refractivity contribution in [2.75, 3.05) is 23.3 Å². The van der Waals surface area contributed by atoms with Crippen LogP contribution in [0.5, 0.6) is 0 Å². The molecule has 3 unspecified atom stereocenters. The van der Waals surface area contributed by atoms with E-state index in [1.165, 1.54) is 18.9 Å². The maximum atomic E-state index is 14.7. The summed E-state index contributed by atoms with van der Waals surface area (Å²) in [5.41, 5.74) is 2.52. The van der Waals surface area contributed by atoms with Gasteiger partial charge in [0.15, 0.2) is 17.5 Å². The molecule has 2 aliphatic carbocycles. The van der Waals surface area contributed by atoms with Gasteiger partial charge in [0.2, 0.25) is 5.95 Å². The number of hydrogen-bond donors (Lipinski definition) is 1. The summed E-state index contributed by atoms with van der Waals surface area (Å²) in [7, 11) is 0. The number of fused-ring (bicyclic) bond motifs is 1. The van der Waals surface area contributed by atoms with Crippen molar-refractivity contribution in [1.82, 2.24) is 25.0 Å². The largest absolute Gasteiger partial charge is 0.369 e. The van der Waals surface area contributed by atoms with Crippen LogP contribution in [0.1, 0.15) is 55.1 Å². The van der Waals surface area contributed by atoms with Gasteiger partial charge in [-0.25, -0.2) is 17.9 Å². The zero-order valence-electron chi connectivity index (χ0n) is 20.1. The van der Waals surface area contributed by atoms with E-state index < -0.39 is 23.4 Å². The number of hydrogen-bond acceptors (Lipinski definition) is 6. The van der Waals surface area contributed by atoms with Crippen molar-refractivity contribution in [3.63, 3.8) is 0 Å². The summed E-state index contributed by atoms with van der Waals surface area (Å²) >= 11 is 0. The Bertz CT molecular complexity index is 1340. The van der Waals surface area contributed by atoms with E-state index in [-0.39, 0.29) is 11.6 Å². The van der Waals surface area contributed by atoms with Crippen LogP contribution in [0.15, 0.2) is 24.4 Å². The topological polar surface area (TPSA) is 71.8 Å². The van der Waals surface area contributed by atoms with Crippen LogP contribution in [0.25, 0.3) is 0 Å². The highest BCUT2D eigenvalue weighted by molar-refractivity contribution is 5.50. The average molecular weight is 496 g/mol. The third-order valence-electron chi connectivity index (χ3n) is 9.16. The molecule has 0 amide bonds. The molecule has 2 saturated carbocycles. The zero-order chi connectivity index (χ0) is 24.6. The molecule has 10 heteroatoms. The van der Waals surface area contributed by atoms with Crippen molar-refractivity contribution >= 4 is 11.6 Å². The molecule has 7 rings (SSSR count). The van der Waals surface area contributed by atoms with Gasteiger partial charge in [-0.1, -0.05) is 12.5 Å². The molecule has 2 aromatic heterocycles. The smallest absolute Gasteiger partial charge is 0.242 e. The van der Waals surface area contributed by atoms with Gasteiger partial charge < -0.3 is 10.2 Å². The number of halogens is 3. The Morgan fingerprint density at radius 2 is 1.97 bits per heavy atom. The predicted molar refractivity (Wildman–Crippen MR) is 127 cm³/mol. The molecule has 1 N–H and O–H groups in total. The number of rotatable bonds is 4. The quantitative estimate of drug-likeness (QED) is 0.540. The van der Waals surface area contributed by atoms with Gasteiger partial charge >= 0.3 is 0 Å². The van der Waals surface area contributed by atoms with Gasteiger partial charge in [-0.05, 0) is 56.1 Å². The summed E-state index contributed by atoms with van der Waals surface area (Å²) in [6.07, 6.45) is 6.60. The Kier molecular flexibility index (Phi) is 4.85. The Morgan fingerprint density at radius 1 is 1.08 bits per heavy atom. The molecule has 36 heavy (non-hydrogen) atoms. The van der Waals surface area contributed by atoms with Crippen molar-refractivity contribution in [1.29, 1.82) is 0 Å². The molecule has 1 spiro atoms. The van der Waals surface area contributed by atoms with Crippen LogP contribution < -0.4 is 10.2 Å². The van der Waals surface area contributed by atoms with Gasteiger partial charge in [-0.3, -0.25) is 0 Å². The highest BCUT2D eigenvalue weighted by Gasteiger charge is 2.70. The van der Waals surface area contributed by atoms with Crippen molar-refractivity contribution in [2.24, 2.45) is 17.3 Å². The van der Waals surface area contributed by atoms with Crippen LogP contribution in [0.4, 0.5) is 24.8 Å². The zero-order valence-corrected chi connectivity index (χ0v) is 20.1. The van der Waals surface area contributed by atoms with E-state index >= 15 is 0 Å². The number of anilines is 2. The van der Waals surface area contributed by atoms with Gasteiger partial charge in [0.05, 0.1) is 17.6 Å². The summed E-state index contributed by atoms with van der Waals surface area (Å²) in [5, 5.41) is 16.6. The molecule has 0 radical (unpaired) electrons. The highest BCUT2D eigenvalue weighted by Crippen LogP contribution is 2.68. The SMILES string of the molecule is Cc1cc(N2C[C@H]3[C@H](Nc4nc5n(n4)CCCCC5c4ccc(F)c(F)c4F)C4CCC43C2)cnn1. The lowest BCUT2D eigenvalue weighted by molar-refractivity contribution is -0.117. The van der Waals surface area contributed by atoms with Crippen molar-refractivity contribution in [3.05, 3.63) is 58.9 Å². The molecule has 1 saturated heterocycles. The first-order valence-electron chi connectivity index (χ1n) is 12.8. The van der Waals surface area contributed by atoms with Crippen LogP contribution in [-0.2, 0) is 6.54 Å². The maximum Gasteiger partial charge on any atom is 0.242 e. The Balaban J connectivity index is 1.14. The summed E-state index contributed by atoms with van der Waals surface area (Å²) in [6, 6.07) is 4.71. The normalized spacial score (nSPS) is 30.5. The van der Waals surface area contributed by atoms with Crippen LogP contribution in [-0.4, -0.2) is 44.1 Å². The molecule has 3 aromatic rings. The lowest BCUT2D eigenvalue weighted by atomic mass is 9.41. The minimum absolute atomic E-state index is 0.144. The first kappa shape index (κ1) is 22.1. The third-order valence-corrected chi connectivity index (χ3v) is 9.16. The summed E-state index contributed by atoms with van der Waals surface area (Å²) in [5.74, 6) is -1.96. The second kappa shape index (κ2) is 7.91. The standard InChI is InChI=1S/C26H28F3N7/c1-14-10-15(11-30-33-14)35-12-19-23(18-7-8-26(18,19)13-35)31-25-32-24-17(4-2-3-9-36(24)34-25)16-5-6-20(27)22(29)21(16)28/h5-6,10-11,17-19,23H,2-4,7-9,12-13H2,1H3,(H,31,34)/t17?,18?,19-,23+,26?/m0/s1. The minimum Gasteiger partial charge on any atom is -0.369 e. The number of nitrogens with one attached hydrogen (secondary N) is 1. The fraction of sp³-hybridized carbons (Fsp3) is 0.538. The number of aryl methyl sites for hydroxylation is 2. The number of nitrogens with zero attached hydrogens (tertiary/aromatic N) is 6. The lowest BCUT2D eigenvalue weighted by Gasteiger charge is -2.65. The molecule has 4 aliphatic rings. The number of benzene rings is 1. The molecule has 7 nitrogen and oxygen atoms in total. The monoisotopic (exact) mass is 495 g/mol. The van der Waals surface area contributed by atoms with E-state index in [4.69, 9.17) is 10.1 Å². The maximum absolute atomic E-state index is 14.7. The summed E-state index contributed by atoms with van der Waals surface area (Å²) < 4.78 is 44.1. The minimum atomic E-state index is -1.43. The fourth-order valence-electron chi connectivity index (χ4n) is 7.33. The van der Waals surface area contributed by atoms with Crippen molar-refractivity contribution < 1.29 is 13.2 Å². The van der Waals surface area contributed by atoms with Gasteiger partial charge in [-0.2, -0.15) is 15.2 Å². The van der Waals surface area contributed by atoms with Gasteiger partial charge in [0, 0.05) is 43.1 Å². The van der Waals surface area contributed by atoms with E-state index in [1.807, 2.05) is 17.8 Å². The molecule has 3 fully saturated rings. The molecule has 0 bridgehead atoms. The highest BCUT2D eigenvalue weighted by atomic mass is 19.2. The average Bonchev–Trinajstić information content (AvgIpc) is 3.39. The fourth-order valence-corrected chi connectivity index (χ4v) is 7.33. The molecule has 188 valence electrons. The Labute approximate surface area is 207 Å². The van der Waals surface area contributed by atoms with E-state index in [0.29, 0.717) is 42.0 Å². The van der Waals surface area contributed by atoms with Gasteiger partial charge in [0.1, 0.15) is 5.82 Å². The van der Waals surface area contributed by atoms with Crippen LogP contribution in [0, 0.1) is 41.6 Å². The van der Waals surface area contributed by atoms with Crippen LogP contribution in [0.2, 0.25) is 0 Å². The third kappa shape index (κ3) is 3.12. The molecular formula is C26H28F3N7. The van der Waals surface area contributed by atoms with E-state index in [0.717, 1.165) is 43.4 Å². The second-order valence-corrected chi connectivity index (χ2v) is 10.9. The summed E-state index contributed by atoms with van der Waals surface area (Å²) in [4.78, 5) is 7.22. The van der Waals surface area contributed by atoms with Crippen LogP contribution >= 0.6 is 0 Å². The number of aromatic nitrogens is 5. The Morgan fingerprint density at radius 3 is 2.78 bits per heavy atom. The molecular weight excluding hydrogens is 467 g/mol. The summed E-state index contributed by atoms with van der Waals surface area (Å²) in [6.45, 7) is 4.63. The van der Waals surface area contributed by atoms with E-state index in [1.54, 1.807) is 0 Å². The van der Waals surface area contributed by atoms with Gasteiger partial charge in [-0.15, -0.1) is 5.10 Å². The molecule has 4 heterocycles. The molecule has 2 aliphatic heterocycles. The van der Waals surface area contributed by atoms with Gasteiger partial charge in [0.25, 0.3) is 0 Å². The lowest BCUT2D eigenvalue weighted by Crippen LogP contribution is -2.68. The first-order valence-corrected chi connectivity index (χ1v) is 12.8. The molecule has 5 atom stereocenters. The van der Waals surface area contributed by atoms with E-state index in [9.17, 15) is 13.2 Å².